The zero-order valence-corrected chi connectivity index (χ0v) is 11.0. The average molecular weight is 265 g/mol. The molecule has 0 saturated carbocycles. The zero-order valence-electron chi connectivity index (χ0n) is 11.0. The van der Waals surface area contributed by atoms with E-state index in [1.54, 1.807) is 6.08 Å². The number of nitrogens with zero attached hydrogens (tertiary/aromatic N) is 3. The van der Waals surface area contributed by atoms with Crippen LogP contribution in [0.15, 0.2) is 15.0 Å². The summed E-state index contributed by atoms with van der Waals surface area (Å²) in [6.45, 7) is 0.986. The summed E-state index contributed by atoms with van der Waals surface area (Å²) in [6.07, 6.45) is 10.6. The van der Waals surface area contributed by atoms with Crippen molar-refractivity contribution in [2.45, 2.75) is 51.0 Å². The first-order valence-corrected chi connectivity index (χ1v) is 6.49. The summed E-state index contributed by atoms with van der Waals surface area (Å²) in [5.41, 5.74) is 0. The van der Waals surface area contributed by atoms with E-state index in [4.69, 9.17) is 0 Å². The molecular weight excluding hydrogens is 246 g/mol. The van der Waals surface area contributed by atoms with Crippen LogP contribution < -0.4 is 0 Å². The summed E-state index contributed by atoms with van der Waals surface area (Å²) in [4.78, 5) is 40.7. The molecule has 104 valence electrons. The minimum Gasteiger partial charge on any atom is -0.211 e. The molecule has 0 aliphatic rings. The Kier molecular flexibility index (Phi) is 12.8. The molecule has 0 radical (unpaired) electrons. The van der Waals surface area contributed by atoms with E-state index in [-0.39, 0.29) is 6.04 Å². The van der Waals surface area contributed by atoms with Crippen LogP contribution in [0.2, 0.25) is 0 Å². The lowest BCUT2D eigenvalue weighted by Crippen LogP contribution is -2.04. The Morgan fingerprint density at radius 3 is 1.74 bits per heavy atom. The molecule has 0 saturated heterocycles. The Bertz CT molecular complexity index is 365. The minimum atomic E-state index is -0.00715. The van der Waals surface area contributed by atoms with Gasteiger partial charge < -0.3 is 0 Å². The maximum absolute atomic E-state index is 10.3. The number of isocyanates is 3. The van der Waals surface area contributed by atoms with Crippen molar-refractivity contribution in [2.75, 3.05) is 13.1 Å². The molecule has 0 heterocycles. The fraction of sp³-hybridized carbons (Fsp3) is 0.769. The highest BCUT2D eigenvalue weighted by molar-refractivity contribution is 5.33. The Morgan fingerprint density at radius 1 is 0.684 bits per heavy atom. The SMILES string of the molecule is O=C=NCCCCCC(CCCCN=C=O)N=C=O. The van der Waals surface area contributed by atoms with Crippen molar-refractivity contribution in [1.29, 1.82) is 0 Å². The number of rotatable bonds is 12. The van der Waals surface area contributed by atoms with E-state index in [1.807, 2.05) is 0 Å². The number of carbonyl (C=O) groups excluding carboxylic acids is 3. The van der Waals surface area contributed by atoms with Gasteiger partial charge in [0.15, 0.2) is 0 Å². The van der Waals surface area contributed by atoms with Gasteiger partial charge in [0.25, 0.3) is 0 Å². The van der Waals surface area contributed by atoms with Gasteiger partial charge in [0.2, 0.25) is 18.2 Å². The highest BCUT2D eigenvalue weighted by atomic mass is 16.1. The van der Waals surface area contributed by atoms with Crippen LogP contribution in [0.25, 0.3) is 0 Å². The van der Waals surface area contributed by atoms with E-state index in [2.05, 4.69) is 15.0 Å². The number of unbranched alkanes of at least 4 members (excludes halogenated alkanes) is 3. The molecule has 0 spiro atoms. The van der Waals surface area contributed by atoms with Gasteiger partial charge in [-0.05, 0) is 32.1 Å². The molecule has 6 nitrogen and oxygen atoms in total. The first kappa shape index (κ1) is 17.1. The third kappa shape index (κ3) is 12.4. The third-order valence-corrected chi connectivity index (χ3v) is 2.73. The van der Waals surface area contributed by atoms with E-state index < -0.39 is 0 Å². The van der Waals surface area contributed by atoms with Gasteiger partial charge in [0.05, 0.1) is 19.1 Å². The van der Waals surface area contributed by atoms with Crippen molar-refractivity contribution in [3.63, 3.8) is 0 Å². The van der Waals surface area contributed by atoms with E-state index >= 15 is 0 Å². The largest absolute Gasteiger partial charge is 0.235 e. The predicted molar refractivity (Wildman–Crippen MR) is 70.2 cm³/mol. The van der Waals surface area contributed by atoms with Crippen LogP contribution in [0.5, 0.6) is 0 Å². The quantitative estimate of drug-likeness (QED) is 0.307. The lowest BCUT2D eigenvalue weighted by Gasteiger charge is -2.09. The Labute approximate surface area is 112 Å². The lowest BCUT2D eigenvalue weighted by molar-refractivity contribution is 0.495. The van der Waals surface area contributed by atoms with Gasteiger partial charge in [-0.3, -0.25) is 0 Å². The number of hydrogen-bond acceptors (Lipinski definition) is 6. The van der Waals surface area contributed by atoms with Crippen LogP contribution in [0.4, 0.5) is 0 Å². The molecule has 0 aliphatic carbocycles. The standard InChI is InChI=1S/C13H19N3O3/c17-10-14-8-4-1-2-6-13(16-12-19)7-3-5-9-15-11-18/h13H,1-9H2. The Balaban J connectivity index is 3.70. The first-order chi connectivity index (χ1) is 9.35. The van der Waals surface area contributed by atoms with Crippen molar-refractivity contribution in [1.82, 2.24) is 0 Å². The molecule has 1 atom stereocenters. The number of hydrogen-bond donors (Lipinski definition) is 0. The summed E-state index contributed by atoms with van der Waals surface area (Å²) in [7, 11) is 0. The van der Waals surface area contributed by atoms with Crippen LogP contribution in [-0.4, -0.2) is 37.4 Å². The van der Waals surface area contributed by atoms with Crippen LogP contribution in [0.3, 0.4) is 0 Å². The van der Waals surface area contributed by atoms with E-state index in [0.29, 0.717) is 13.1 Å². The molecule has 0 aliphatic heterocycles. The van der Waals surface area contributed by atoms with Gasteiger partial charge in [0, 0.05) is 0 Å². The second kappa shape index (κ2) is 14.2. The third-order valence-electron chi connectivity index (χ3n) is 2.73. The van der Waals surface area contributed by atoms with Crippen molar-refractivity contribution < 1.29 is 14.4 Å². The first-order valence-electron chi connectivity index (χ1n) is 6.49. The van der Waals surface area contributed by atoms with Crippen LogP contribution in [0, 0.1) is 0 Å². The second-order valence-corrected chi connectivity index (χ2v) is 4.17. The molecule has 0 fully saturated rings. The highest BCUT2D eigenvalue weighted by Crippen LogP contribution is 2.13. The van der Waals surface area contributed by atoms with Crippen LogP contribution in [-0.2, 0) is 14.4 Å². The van der Waals surface area contributed by atoms with Gasteiger partial charge in [0.1, 0.15) is 0 Å². The van der Waals surface area contributed by atoms with Crippen molar-refractivity contribution in [3.8, 4) is 0 Å². The fourth-order valence-electron chi connectivity index (χ4n) is 1.76. The Hall–Kier alpha value is -1.86. The van der Waals surface area contributed by atoms with Gasteiger partial charge in [-0.25, -0.2) is 29.4 Å². The molecule has 0 aromatic carbocycles. The maximum atomic E-state index is 10.3. The second-order valence-electron chi connectivity index (χ2n) is 4.17. The van der Waals surface area contributed by atoms with Gasteiger partial charge >= 0.3 is 0 Å². The normalized spacial score (nSPS) is 10.7. The number of aliphatic imine (C=N–C) groups is 3. The summed E-state index contributed by atoms with van der Waals surface area (Å²) in [6, 6.07) is -0.00715. The van der Waals surface area contributed by atoms with Crippen LogP contribution in [0.1, 0.15) is 44.9 Å². The molecule has 0 amide bonds. The molecule has 1 unspecified atom stereocenters. The molecule has 0 rings (SSSR count). The molecule has 6 heteroatoms. The summed E-state index contributed by atoms with van der Waals surface area (Å²) < 4.78 is 0. The predicted octanol–water partition coefficient (Wildman–Crippen LogP) is 2.09. The van der Waals surface area contributed by atoms with Gasteiger partial charge in [-0.2, -0.15) is 0 Å². The molecule has 0 bridgehead atoms. The van der Waals surface area contributed by atoms with E-state index in [9.17, 15) is 14.4 Å². The van der Waals surface area contributed by atoms with Crippen molar-refractivity contribution in [2.24, 2.45) is 15.0 Å². The van der Waals surface area contributed by atoms with Crippen molar-refractivity contribution >= 4 is 18.2 Å². The zero-order chi connectivity index (χ0) is 14.2. The Morgan fingerprint density at radius 2 is 1.21 bits per heavy atom. The van der Waals surface area contributed by atoms with Gasteiger partial charge in [-0.1, -0.05) is 12.8 Å². The fourth-order valence-corrected chi connectivity index (χ4v) is 1.76. The molecule has 0 aromatic rings. The van der Waals surface area contributed by atoms with Crippen LogP contribution >= 0.6 is 0 Å². The lowest BCUT2D eigenvalue weighted by atomic mass is 10.0. The van der Waals surface area contributed by atoms with E-state index in [1.165, 1.54) is 12.2 Å². The maximum Gasteiger partial charge on any atom is 0.235 e. The van der Waals surface area contributed by atoms with E-state index in [0.717, 1.165) is 44.9 Å². The van der Waals surface area contributed by atoms with Gasteiger partial charge in [-0.15, -0.1) is 0 Å². The minimum absolute atomic E-state index is 0.00715. The summed E-state index contributed by atoms with van der Waals surface area (Å²) in [5, 5.41) is 0. The molecule has 19 heavy (non-hydrogen) atoms. The summed E-state index contributed by atoms with van der Waals surface area (Å²) in [5.74, 6) is 0. The molecule has 0 aromatic heterocycles. The average Bonchev–Trinajstić information content (AvgIpc) is 2.42. The monoisotopic (exact) mass is 265 g/mol. The summed E-state index contributed by atoms with van der Waals surface area (Å²) >= 11 is 0. The van der Waals surface area contributed by atoms with Crippen molar-refractivity contribution in [3.05, 3.63) is 0 Å². The topological polar surface area (TPSA) is 88.3 Å². The highest BCUT2D eigenvalue weighted by Gasteiger charge is 2.06. The molecule has 0 N–H and O–H groups in total. The smallest absolute Gasteiger partial charge is 0.211 e. The molecular formula is C13H19N3O3.